The van der Waals surface area contributed by atoms with Crippen molar-refractivity contribution in [2.24, 2.45) is 0 Å². The van der Waals surface area contributed by atoms with Gasteiger partial charge >= 0.3 is 5.97 Å². The molecule has 1 N–H and O–H groups in total. The van der Waals surface area contributed by atoms with Gasteiger partial charge in [0.05, 0.1) is 30.9 Å². The van der Waals surface area contributed by atoms with Gasteiger partial charge in [-0.3, -0.25) is 9.59 Å². The summed E-state index contributed by atoms with van der Waals surface area (Å²) in [5, 5.41) is 5.25. The maximum Gasteiger partial charge on any atom is 0.312 e. The first-order chi connectivity index (χ1) is 13.0. The van der Waals surface area contributed by atoms with Crippen LogP contribution in [0.1, 0.15) is 19.5 Å². The van der Waals surface area contributed by atoms with Crippen LogP contribution >= 0.6 is 11.3 Å². The molecule has 0 aliphatic rings. The number of nitrogens with zero attached hydrogens (tertiary/aromatic N) is 1. The van der Waals surface area contributed by atoms with Crippen LogP contribution in [0.3, 0.4) is 0 Å². The van der Waals surface area contributed by atoms with Crippen molar-refractivity contribution in [3.8, 4) is 16.3 Å². The number of amides is 1. The molecule has 1 atom stereocenters. The number of thiazole rings is 1. The molecule has 0 spiro atoms. The molecule has 0 aliphatic heterocycles. The van der Waals surface area contributed by atoms with Crippen LogP contribution in [0.4, 0.5) is 0 Å². The second-order valence-corrected chi connectivity index (χ2v) is 6.69. The van der Waals surface area contributed by atoms with Gasteiger partial charge in [0.25, 0.3) is 5.91 Å². The minimum atomic E-state index is -0.500. The van der Waals surface area contributed by atoms with Crippen LogP contribution in [0, 0.1) is 0 Å². The Kier molecular flexibility index (Phi) is 8.22. The normalized spacial score (nSPS) is 11.7. The van der Waals surface area contributed by atoms with E-state index >= 15 is 0 Å². The topological polar surface area (TPSA) is 86.8 Å². The summed E-state index contributed by atoms with van der Waals surface area (Å²) < 4.78 is 15.6. The van der Waals surface area contributed by atoms with Crippen molar-refractivity contribution >= 4 is 23.2 Å². The summed E-state index contributed by atoms with van der Waals surface area (Å²) in [4.78, 5) is 28.1. The molecule has 27 heavy (non-hydrogen) atoms. The second kappa shape index (κ2) is 10.6. The Morgan fingerprint density at radius 1 is 1.30 bits per heavy atom. The second-order valence-electron chi connectivity index (χ2n) is 5.83. The lowest BCUT2D eigenvalue weighted by molar-refractivity contribution is -0.148. The minimum Gasteiger partial charge on any atom is -0.493 e. The van der Waals surface area contributed by atoms with Gasteiger partial charge in [-0.25, -0.2) is 4.98 Å². The average Bonchev–Trinajstić information content (AvgIpc) is 3.09. The van der Waals surface area contributed by atoms with Crippen molar-refractivity contribution in [3.05, 3.63) is 35.3 Å². The van der Waals surface area contributed by atoms with E-state index in [9.17, 15) is 9.59 Å². The van der Waals surface area contributed by atoms with Gasteiger partial charge in [0.15, 0.2) is 6.61 Å². The maximum absolute atomic E-state index is 12.0. The third kappa shape index (κ3) is 6.65. The van der Waals surface area contributed by atoms with Crippen molar-refractivity contribution in [3.63, 3.8) is 0 Å². The molecular weight excluding hydrogens is 368 g/mol. The number of aromatic nitrogens is 1. The quantitative estimate of drug-likeness (QED) is 0.625. The minimum absolute atomic E-state index is 0.00814. The predicted molar refractivity (Wildman–Crippen MR) is 103 cm³/mol. The highest BCUT2D eigenvalue weighted by atomic mass is 32.1. The number of hydrogen-bond donors (Lipinski definition) is 1. The van der Waals surface area contributed by atoms with Crippen LogP contribution < -0.4 is 10.1 Å². The number of hydrogen-bond acceptors (Lipinski definition) is 7. The molecule has 1 aromatic carbocycles. The molecule has 0 saturated carbocycles. The highest BCUT2D eigenvalue weighted by Gasteiger charge is 2.14. The molecule has 1 aromatic heterocycles. The van der Waals surface area contributed by atoms with Crippen molar-refractivity contribution in [1.29, 1.82) is 0 Å². The Labute approximate surface area is 162 Å². The van der Waals surface area contributed by atoms with Gasteiger partial charge in [0, 0.05) is 18.5 Å². The fourth-order valence-corrected chi connectivity index (χ4v) is 3.24. The van der Waals surface area contributed by atoms with E-state index in [4.69, 9.17) is 14.2 Å². The van der Waals surface area contributed by atoms with E-state index in [0.717, 1.165) is 16.3 Å². The molecule has 0 saturated heterocycles. The SMILES string of the molecule is CCOc1ccccc1-c1nc(CC(=O)OCC(=O)NC(C)COC)cs1. The van der Waals surface area contributed by atoms with Gasteiger partial charge in [-0.2, -0.15) is 0 Å². The molecule has 0 aliphatic carbocycles. The predicted octanol–water partition coefficient (Wildman–Crippen LogP) is 2.45. The molecule has 1 heterocycles. The molecule has 2 aromatic rings. The number of rotatable bonds is 10. The lowest BCUT2D eigenvalue weighted by atomic mass is 10.2. The monoisotopic (exact) mass is 392 g/mol. The number of carbonyl (C=O) groups is 2. The summed E-state index contributed by atoms with van der Waals surface area (Å²) in [5.41, 5.74) is 1.48. The summed E-state index contributed by atoms with van der Waals surface area (Å²) >= 11 is 1.43. The first-order valence-electron chi connectivity index (χ1n) is 8.64. The van der Waals surface area contributed by atoms with Crippen LogP contribution in [-0.4, -0.2) is 49.8 Å². The average molecular weight is 392 g/mol. The number of methoxy groups -OCH3 is 1. The van der Waals surface area contributed by atoms with E-state index in [0.29, 0.717) is 18.9 Å². The lowest BCUT2D eigenvalue weighted by Crippen LogP contribution is -2.38. The zero-order valence-electron chi connectivity index (χ0n) is 15.7. The zero-order valence-corrected chi connectivity index (χ0v) is 16.5. The largest absolute Gasteiger partial charge is 0.493 e. The summed E-state index contributed by atoms with van der Waals surface area (Å²) in [6.45, 7) is 4.36. The fourth-order valence-electron chi connectivity index (χ4n) is 2.39. The fraction of sp³-hybridized carbons (Fsp3) is 0.421. The van der Waals surface area contributed by atoms with Crippen molar-refractivity contribution in [1.82, 2.24) is 10.3 Å². The van der Waals surface area contributed by atoms with Crippen molar-refractivity contribution in [2.75, 3.05) is 26.9 Å². The highest BCUT2D eigenvalue weighted by Crippen LogP contribution is 2.32. The standard InChI is InChI=1S/C19H24N2O5S/c1-4-25-16-8-6-5-7-15(16)19-21-14(12-27-19)9-18(23)26-11-17(22)20-13(2)10-24-3/h5-8,12-13H,4,9-11H2,1-3H3,(H,20,22). The van der Waals surface area contributed by atoms with Crippen LogP contribution in [0.15, 0.2) is 29.6 Å². The van der Waals surface area contributed by atoms with Gasteiger partial charge in [-0.1, -0.05) is 12.1 Å². The van der Waals surface area contributed by atoms with Crippen LogP contribution in [0.2, 0.25) is 0 Å². The molecule has 0 radical (unpaired) electrons. The van der Waals surface area contributed by atoms with E-state index in [1.54, 1.807) is 19.4 Å². The third-order valence-electron chi connectivity index (χ3n) is 3.48. The number of esters is 1. The zero-order chi connectivity index (χ0) is 19.6. The highest BCUT2D eigenvalue weighted by molar-refractivity contribution is 7.13. The van der Waals surface area contributed by atoms with E-state index in [-0.39, 0.29) is 25.0 Å². The number of para-hydroxylation sites is 1. The molecule has 7 nitrogen and oxygen atoms in total. The Hall–Kier alpha value is -2.45. The van der Waals surface area contributed by atoms with Gasteiger partial charge in [-0.15, -0.1) is 11.3 Å². The van der Waals surface area contributed by atoms with Crippen LogP contribution in [0.25, 0.3) is 10.6 Å². The Morgan fingerprint density at radius 2 is 2.07 bits per heavy atom. The Bertz CT molecular complexity index is 762. The van der Waals surface area contributed by atoms with E-state index in [1.807, 2.05) is 31.2 Å². The first kappa shape index (κ1) is 20.9. The summed E-state index contributed by atoms with van der Waals surface area (Å²) in [6, 6.07) is 7.48. The Balaban J connectivity index is 1.88. The van der Waals surface area contributed by atoms with Gasteiger partial charge < -0.3 is 19.5 Å². The van der Waals surface area contributed by atoms with E-state index < -0.39 is 5.97 Å². The number of nitrogens with one attached hydrogen (secondary N) is 1. The molecule has 2 rings (SSSR count). The van der Waals surface area contributed by atoms with E-state index in [1.165, 1.54) is 11.3 Å². The molecular formula is C19H24N2O5S. The van der Waals surface area contributed by atoms with Crippen molar-refractivity contribution in [2.45, 2.75) is 26.3 Å². The van der Waals surface area contributed by atoms with E-state index in [2.05, 4.69) is 10.3 Å². The Morgan fingerprint density at radius 3 is 2.81 bits per heavy atom. The number of carbonyl (C=O) groups excluding carboxylic acids is 2. The molecule has 1 unspecified atom stereocenters. The lowest BCUT2D eigenvalue weighted by Gasteiger charge is -2.12. The molecule has 146 valence electrons. The first-order valence-corrected chi connectivity index (χ1v) is 9.52. The molecule has 0 bridgehead atoms. The van der Waals surface area contributed by atoms with Gasteiger partial charge in [-0.05, 0) is 26.0 Å². The summed E-state index contributed by atoms with van der Waals surface area (Å²) in [6.07, 6.45) is 0.00814. The molecule has 8 heteroatoms. The molecule has 0 fully saturated rings. The summed E-state index contributed by atoms with van der Waals surface area (Å²) in [5.74, 6) is -0.109. The number of benzene rings is 1. The van der Waals surface area contributed by atoms with Crippen molar-refractivity contribution < 1.29 is 23.8 Å². The smallest absolute Gasteiger partial charge is 0.312 e. The molecule has 1 amide bonds. The third-order valence-corrected chi connectivity index (χ3v) is 4.41. The maximum atomic E-state index is 12.0. The summed E-state index contributed by atoms with van der Waals surface area (Å²) in [7, 11) is 1.55. The van der Waals surface area contributed by atoms with Crippen LogP contribution in [0.5, 0.6) is 5.75 Å². The van der Waals surface area contributed by atoms with Crippen LogP contribution in [-0.2, 0) is 25.5 Å². The van der Waals surface area contributed by atoms with Gasteiger partial charge in [0.2, 0.25) is 0 Å². The number of ether oxygens (including phenoxy) is 3. The van der Waals surface area contributed by atoms with Gasteiger partial charge in [0.1, 0.15) is 10.8 Å².